The van der Waals surface area contributed by atoms with Crippen LogP contribution >= 0.6 is 11.6 Å². The Kier molecular flexibility index (Phi) is 2.87. The Hall–Kier alpha value is -2.06. The molecule has 3 aromatic rings. The van der Waals surface area contributed by atoms with E-state index in [1.165, 1.54) is 10.8 Å². The number of halogens is 1. The van der Waals surface area contributed by atoms with Gasteiger partial charge in [0.05, 0.1) is 0 Å². The average molecular weight is 255 g/mol. The van der Waals surface area contributed by atoms with Gasteiger partial charge in [0.1, 0.15) is 5.15 Å². The van der Waals surface area contributed by atoms with Crippen molar-refractivity contribution in [1.82, 2.24) is 4.98 Å². The van der Waals surface area contributed by atoms with Crippen molar-refractivity contribution in [1.29, 1.82) is 0 Å². The van der Waals surface area contributed by atoms with Crippen molar-refractivity contribution in [3.8, 4) is 0 Å². The third-order valence-electron chi connectivity index (χ3n) is 2.76. The van der Waals surface area contributed by atoms with Gasteiger partial charge in [0, 0.05) is 17.6 Å². The summed E-state index contributed by atoms with van der Waals surface area (Å²) >= 11 is 5.86. The summed E-state index contributed by atoms with van der Waals surface area (Å²) in [7, 11) is 0. The molecule has 0 spiro atoms. The highest BCUT2D eigenvalue weighted by atomic mass is 35.5. The molecule has 3 rings (SSSR count). The smallest absolute Gasteiger partial charge is 0.131 e. The monoisotopic (exact) mass is 254 g/mol. The van der Waals surface area contributed by atoms with Gasteiger partial charge in [-0.2, -0.15) is 0 Å². The second-order valence-corrected chi connectivity index (χ2v) is 4.44. The van der Waals surface area contributed by atoms with Crippen molar-refractivity contribution < 1.29 is 0 Å². The summed E-state index contributed by atoms with van der Waals surface area (Å²) in [4.78, 5) is 3.96. The summed E-state index contributed by atoms with van der Waals surface area (Å²) in [6.07, 6.45) is 1.69. The van der Waals surface area contributed by atoms with Gasteiger partial charge in [-0.15, -0.1) is 0 Å². The molecule has 2 aromatic carbocycles. The van der Waals surface area contributed by atoms with Crippen molar-refractivity contribution in [2.24, 2.45) is 0 Å². The van der Waals surface area contributed by atoms with Gasteiger partial charge >= 0.3 is 0 Å². The lowest BCUT2D eigenvalue weighted by atomic mass is 10.1. The number of pyridine rings is 1. The molecule has 88 valence electrons. The van der Waals surface area contributed by atoms with Crippen molar-refractivity contribution in [3.05, 3.63) is 65.9 Å². The van der Waals surface area contributed by atoms with Gasteiger partial charge in [-0.1, -0.05) is 41.9 Å². The molecule has 1 heterocycles. The molecule has 0 aliphatic heterocycles. The third-order valence-corrected chi connectivity index (χ3v) is 2.97. The maximum absolute atomic E-state index is 5.86. The highest BCUT2D eigenvalue weighted by Gasteiger charge is 1.98. The van der Waals surface area contributed by atoms with E-state index in [0.29, 0.717) is 5.15 Å². The summed E-state index contributed by atoms with van der Waals surface area (Å²) in [6, 6.07) is 18.2. The van der Waals surface area contributed by atoms with Gasteiger partial charge in [-0.3, -0.25) is 0 Å². The zero-order chi connectivity index (χ0) is 12.4. The molecule has 18 heavy (non-hydrogen) atoms. The number of hydrogen-bond donors (Lipinski definition) is 1. The van der Waals surface area contributed by atoms with E-state index in [1.54, 1.807) is 12.3 Å². The molecule has 0 unspecified atom stereocenters. The first-order valence-electron chi connectivity index (χ1n) is 5.69. The first-order valence-corrected chi connectivity index (χ1v) is 6.06. The van der Waals surface area contributed by atoms with E-state index in [1.807, 2.05) is 18.2 Å². The molecular weight excluding hydrogens is 244 g/mol. The van der Waals surface area contributed by atoms with Crippen LogP contribution in [0.2, 0.25) is 5.15 Å². The number of aromatic nitrogens is 1. The second-order valence-electron chi connectivity index (χ2n) is 4.05. The van der Waals surface area contributed by atoms with Gasteiger partial charge in [0.2, 0.25) is 0 Å². The van der Waals surface area contributed by atoms with Crippen molar-refractivity contribution >= 4 is 33.7 Å². The molecule has 0 aliphatic carbocycles. The molecule has 3 heteroatoms. The molecular formula is C15H11ClN2. The molecule has 0 fully saturated rings. The quantitative estimate of drug-likeness (QED) is 0.675. The largest absolute Gasteiger partial charge is 0.355 e. The van der Waals surface area contributed by atoms with Crippen LogP contribution < -0.4 is 5.32 Å². The zero-order valence-electron chi connectivity index (χ0n) is 9.60. The van der Waals surface area contributed by atoms with Crippen molar-refractivity contribution in [2.75, 3.05) is 5.32 Å². The molecule has 1 N–H and O–H groups in total. The number of rotatable bonds is 2. The number of anilines is 2. The van der Waals surface area contributed by atoms with Crippen LogP contribution in [0.5, 0.6) is 0 Å². The van der Waals surface area contributed by atoms with Gasteiger partial charge in [-0.25, -0.2) is 4.98 Å². The lowest BCUT2D eigenvalue weighted by molar-refractivity contribution is 1.32. The minimum absolute atomic E-state index is 0.487. The highest BCUT2D eigenvalue weighted by molar-refractivity contribution is 6.29. The number of benzene rings is 2. The highest BCUT2D eigenvalue weighted by Crippen LogP contribution is 2.22. The molecule has 0 aliphatic rings. The Morgan fingerprint density at radius 1 is 0.833 bits per heavy atom. The van der Waals surface area contributed by atoms with Crippen LogP contribution in [0.25, 0.3) is 10.8 Å². The number of fused-ring (bicyclic) bond motifs is 1. The van der Waals surface area contributed by atoms with Crippen LogP contribution in [0.3, 0.4) is 0 Å². The van der Waals surface area contributed by atoms with Crippen molar-refractivity contribution in [2.45, 2.75) is 0 Å². The van der Waals surface area contributed by atoms with E-state index in [4.69, 9.17) is 11.6 Å². The minimum atomic E-state index is 0.487. The number of hydrogen-bond acceptors (Lipinski definition) is 2. The maximum Gasteiger partial charge on any atom is 0.131 e. The van der Waals surface area contributed by atoms with Gasteiger partial charge in [-0.05, 0) is 35.0 Å². The molecule has 0 atom stereocenters. The predicted molar refractivity (Wildman–Crippen MR) is 76.5 cm³/mol. The van der Waals surface area contributed by atoms with Crippen LogP contribution in [-0.4, -0.2) is 4.98 Å². The topological polar surface area (TPSA) is 24.9 Å². The lowest BCUT2D eigenvalue weighted by Crippen LogP contribution is -1.90. The van der Waals surface area contributed by atoms with Crippen LogP contribution in [0.15, 0.2) is 60.8 Å². The summed E-state index contributed by atoms with van der Waals surface area (Å²) in [5.74, 6) is 0. The Morgan fingerprint density at radius 2 is 1.61 bits per heavy atom. The zero-order valence-corrected chi connectivity index (χ0v) is 10.4. The molecule has 0 radical (unpaired) electrons. The molecule has 0 saturated heterocycles. The maximum atomic E-state index is 5.86. The molecule has 0 amide bonds. The fraction of sp³-hybridized carbons (Fsp3) is 0. The van der Waals surface area contributed by atoms with Crippen LogP contribution in [0.1, 0.15) is 0 Å². The van der Waals surface area contributed by atoms with Gasteiger partial charge in [0.25, 0.3) is 0 Å². The third kappa shape index (κ3) is 2.29. The Balaban J connectivity index is 1.95. The summed E-state index contributed by atoms with van der Waals surface area (Å²) in [5.41, 5.74) is 1.97. The Labute approximate surface area is 110 Å². The Bertz CT molecular complexity index is 695. The van der Waals surface area contributed by atoms with Crippen LogP contribution in [0, 0.1) is 0 Å². The lowest BCUT2D eigenvalue weighted by Gasteiger charge is -2.07. The van der Waals surface area contributed by atoms with E-state index in [9.17, 15) is 0 Å². The van der Waals surface area contributed by atoms with E-state index in [0.717, 1.165) is 11.4 Å². The number of nitrogens with one attached hydrogen (secondary N) is 1. The van der Waals surface area contributed by atoms with Crippen LogP contribution in [-0.2, 0) is 0 Å². The van der Waals surface area contributed by atoms with E-state index < -0.39 is 0 Å². The standard InChI is InChI=1S/C15H11ClN2/c16-15-10-14(7-8-17-15)18-13-6-5-11-3-1-2-4-12(11)9-13/h1-10H,(H,17,18). The van der Waals surface area contributed by atoms with E-state index in [2.05, 4.69) is 40.6 Å². The first-order chi connectivity index (χ1) is 8.81. The SMILES string of the molecule is Clc1cc(Nc2ccc3ccccc3c2)ccn1. The molecule has 1 aromatic heterocycles. The number of nitrogens with zero attached hydrogens (tertiary/aromatic N) is 1. The van der Waals surface area contributed by atoms with Gasteiger partial charge in [0.15, 0.2) is 0 Å². The molecule has 0 saturated carbocycles. The summed E-state index contributed by atoms with van der Waals surface area (Å²) < 4.78 is 0. The van der Waals surface area contributed by atoms with Crippen molar-refractivity contribution in [3.63, 3.8) is 0 Å². The fourth-order valence-electron chi connectivity index (χ4n) is 1.91. The van der Waals surface area contributed by atoms with E-state index in [-0.39, 0.29) is 0 Å². The normalized spacial score (nSPS) is 10.5. The molecule has 2 nitrogen and oxygen atoms in total. The summed E-state index contributed by atoms with van der Waals surface area (Å²) in [6.45, 7) is 0. The Morgan fingerprint density at radius 3 is 2.44 bits per heavy atom. The minimum Gasteiger partial charge on any atom is -0.355 e. The summed E-state index contributed by atoms with van der Waals surface area (Å²) in [5, 5.41) is 6.24. The first kappa shape index (κ1) is 11.1. The fourth-order valence-corrected chi connectivity index (χ4v) is 2.09. The van der Waals surface area contributed by atoms with Crippen LogP contribution in [0.4, 0.5) is 11.4 Å². The van der Waals surface area contributed by atoms with E-state index >= 15 is 0 Å². The van der Waals surface area contributed by atoms with Gasteiger partial charge < -0.3 is 5.32 Å². The predicted octanol–water partition coefficient (Wildman–Crippen LogP) is 4.63. The average Bonchev–Trinajstić information content (AvgIpc) is 2.39. The second kappa shape index (κ2) is 4.67. The molecule has 0 bridgehead atoms.